The lowest BCUT2D eigenvalue weighted by Gasteiger charge is -2.24. The van der Waals surface area contributed by atoms with Crippen LogP contribution in [-0.2, 0) is 19.6 Å². The number of benzene rings is 2. The van der Waals surface area contributed by atoms with E-state index in [1.807, 2.05) is 13.0 Å². The number of nitrogens with one attached hydrogen (secondary N) is 1. The second-order valence-electron chi connectivity index (χ2n) is 6.29. The van der Waals surface area contributed by atoms with Crippen molar-refractivity contribution in [2.24, 2.45) is 0 Å². The largest absolute Gasteiger partial charge is 0.465 e. The number of rotatable bonds is 6. The summed E-state index contributed by atoms with van der Waals surface area (Å²) in [7, 11) is -2.47. The average molecular weight is 425 g/mol. The summed E-state index contributed by atoms with van der Waals surface area (Å²) >= 11 is 6.08. The molecule has 1 N–H and O–H groups in total. The number of carbonyl (C=O) groups is 2. The van der Waals surface area contributed by atoms with Crippen molar-refractivity contribution < 1.29 is 22.7 Å². The van der Waals surface area contributed by atoms with Crippen LogP contribution in [0.1, 0.15) is 21.5 Å². The van der Waals surface area contributed by atoms with Gasteiger partial charge in [0.1, 0.15) is 6.54 Å². The second kappa shape index (κ2) is 8.62. The molecule has 0 saturated carbocycles. The molecule has 9 heteroatoms. The molecule has 0 radical (unpaired) electrons. The zero-order valence-corrected chi connectivity index (χ0v) is 17.5. The number of halogens is 1. The predicted octanol–water partition coefficient (Wildman–Crippen LogP) is 3.15. The summed E-state index contributed by atoms with van der Waals surface area (Å²) in [5, 5.41) is 2.75. The molecule has 0 heterocycles. The summed E-state index contributed by atoms with van der Waals surface area (Å²) in [6.07, 6.45) is 1.03. The Bertz CT molecular complexity index is 1020. The van der Waals surface area contributed by atoms with Crippen molar-refractivity contribution in [1.29, 1.82) is 0 Å². The number of ether oxygens (including phenoxy) is 1. The van der Waals surface area contributed by atoms with Crippen LogP contribution in [0.15, 0.2) is 36.4 Å². The summed E-state index contributed by atoms with van der Waals surface area (Å²) in [6, 6.07) is 9.54. The van der Waals surface area contributed by atoms with Crippen LogP contribution in [0.4, 0.5) is 11.4 Å². The first kappa shape index (κ1) is 21.7. The molecule has 0 aromatic heterocycles. The molecule has 0 aliphatic heterocycles. The van der Waals surface area contributed by atoms with Gasteiger partial charge in [-0.2, -0.15) is 0 Å². The minimum Gasteiger partial charge on any atom is -0.465 e. The van der Waals surface area contributed by atoms with Crippen LogP contribution >= 0.6 is 11.6 Å². The first-order valence-corrected chi connectivity index (χ1v) is 10.5. The fraction of sp³-hybridized carbons (Fsp3) is 0.263. The molecule has 150 valence electrons. The maximum atomic E-state index is 12.5. The van der Waals surface area contributed by atoms with Gasteiger partial charge in [-0.25, -0.2) is 13.2 Å². The van der Waals surface area contributed by atoms with Gasteiger partial charge in [0.05, 0.1) is 35.3 Å². The quantitative estimate of drug-likeness (QED) is 0.719. The summed E-state index contributed by atoms with van der Waals surface area (Å²) in [4.78, 5) is 24.2. The van der Waals surface area contributed by atoms with Crippen LogP contribution < -0.4 is 9.62 Å². The molecule has 1 amide bonds. The van der Waals surface area contributed by atoms with E-state index >= 15 is 0 Å². The molecule has 0 unspecified atom stereocenters. The Hall–Kier alpha value is -2.58. The van der Waals surface area contributed by atoms with Crippen molar-refractivity contribution in [3.8, 4) is 0 Å². The number of carbonyl (C=O) groups excluding carboxylic acids is 2. The van der Waals surface area contributed by atoms with Crippen molar-refractivity contribution in [2.75, 3.05) is 29.5 Å². The van der Waals surface area contributed by atoms with E-state index in [2.05, 4.69) is 10.1 Å². The Morgan fingerprint density at radius 1 is 1.14 bits per heavy atom. The molecule has 0 bridgehead atoms. The van der Waals surface area contributed by atoms with Gasteiger partial charge in [-0.1, -0.05) is 29.3 Å². The highest BCUT2D eigenvalue weighted by molar-refractivity contribution is 7.92. The van der Waals surface area contributed by atoms with Crippen molar-refractivity contribution >= 4 is 44.9 Å². The van der Waals surface area contributed by atoms with Gasteiger partial charge >= 0.3 is 5.97 Å². The SMILES string of the molecule is COC(=O)c1ccc(Cl)c(NC(=O)CN(c2ccc(C)cc2C)S(C)(=O)=O)c1. The van der Waals surface area contributed by atoms with Gasteiger partial charge in [-0.3, -0.25) is 9.10 Å². The van der Waals surface area contributed by atoms with Crippen LogP contribution in [-0.4, -0.2) is 40.2 Å². The lowest BCUT2D eigenvalue weighted by molar-refractivity contribution is -0.114. The van der Waals surface area contributed by atoms with E-state index in [0.29, 0.717) is 5.69 Å². The first-order valence-electron chi connectivity index (χ1n) is 8.25. The number of anilines is 2. The molecule has 7 nitrogen and oxygen atoms in total. The van der Waals surface area contributed by atoms with E-state index in [-0.39, 0.29) is 16.3 Å². The topological polar surface area (TPSA) is 92.8 Å². The molecule has 2 rings (SSSR count). The van der Waals surface area contributed by atoms with Crippen molar-refractivity contribution in [3.05, 3.63) is 58.1 Å². The molecule has 0 saturated heterocycles. The lowest BCUT2D eigenvalue weighted by Crippen LogP contribution is -2.38. The van der Waals surface area contributed by atoms with Gasteiger partial charge in [0.2, 0.25) is 15.9 Å². The number of aryl methyl sites for hydroxylation is 2. The zero-order chi connectivity index (χ0) is 21.1. The molecule has 0 spiro atoms. The number of nitrogens with zero attached hydrogens (tertiary/aromatic N) is 1. The number of hydrogen-bond donors (Lipinski definition) is 1. The van der Waals surface area contributed by atoms with Crippen LogP contribution in [0.3, 0.4) is 0 Å². The van der Waals surface area contributed by atoms with Crippen LogP contribution in [0.2, 0.25) is 5.02 Å². The Labute approximate surface area is 169 Å². The highest BCUT2D eigenvalue weighted by Crippen LogP contribution is 2.26. The zero-order valence-electron chi connectivity index (χ0n) is 15.9. The standard InChI is InChI=1S/C19H21ClN2O5S/c1-12-5-8-17(13(2)9-12)22(28(4,25)26)11-18(23)21-16-10-14(19(24)27-3)6-7-15(16)20/h5-10H,11H2,1-4H3,(H,21,23). The highest BCUT2D eigenvalue weighted by atomic mass is 35.5. The van der Waals surface area contributed by atoms with Gasteiger partial charge in [0.15, 0.2) is 0 Å². The Balaban J connectivity index is 2.29. The van der Waals surface area contributed by atoms with Crippen molar-refractivity contribution in [2.45, 2.75) is 13.8 Å². The molecule has 28 heavy (non-hydrogen) atoms. The molecular weight excluding hydrogens is 404 g/mol. The summed E-state index contributed by atoms with van der Waals surface area (Å²) in [5.41, 5.74) is 2.51. The smallest absolute Gasteiger partial charge is 0.337 e. The minimum atomic E-state index is -3.71. The number of esters is 1. The van der Waals surface area contributed by atoms with E-state index in [1.54, 1.807) is 19.1 Å². The summed E-state index contributed by atoms with van der Waals surface area (Å²) in [6.45, 7) is 3.22. The van der Waals surface area contributed by atoms with Crippen molar-refractivity contribution in [1.82, 2.24) is 0 Å². The number of hydrogen-bond acceptors (Lipinski definition) is 5. The van der Waals surface area contributed by atoms with E-state index in [9.17, 15) is 18.0 Å². The third-order valence-electron chi connectivity index (χ3n) is 3.97. The lowest BCUT2D eigenvalue weighted by atomic mass is 10.1. The van der Waals surface area contributed by atoms with Gasteiger partial charge in [0, 0.05) is 0 Å². The van der Waals surface area contributed by atoms with Gasteiger partial charge in [0.25, 0.3) is 0 Å². The predicted molar refractivity (Wildman–Crippen MR) is 110 cm³/mol. The Kier molecular flexibility index (Phi) is 6.69. The van der Waals surface area contributed by atoms with Gasteiger partial charge in [-0.15, -0.1) is 0 Å². The molecule has 2 aromatic rings. The van der Waals surface area contributed by atoms with E-state index in [4.69, 9.17) is 11.6 Å². The highest BCUT2D eigenvalue weighted by Gasteiger charge is 2.23. The number of amides is 1. The maximum Gasteiger partial charge on any atom is 0.337 e. The molecule has 0 aliphatic rings. The molecular formula is C19H21ClN2O5S. The fourth-order valence-electron chi connectivity index (χ4n) is 2.65. The van der Waals surface area contributed by atoms with E-state index in [1.165, 1.54) is 25.3 Å². The molecule has 0 atom stereocenters. The third kappa shape index (κ3) is 5.24. The van der Waals surface area contributed by atoms with Crippen LogP contribution in [0.5, 0.6) is 0 Å². The molecule has 0 aliphatic carbocycles. The molecule has 0 fully saturated rings. The van der Waals surface area contributed by atoms with Crippen molar-refractivity contribution in [3.63, 3.8) is 0 Å². The fourth-order valence-corrected chi connectivity index (χ4v) is 3.73. The summed E-state index contributed by atoms with van der Waals surface area (Å²) < 4.78 is 30.2. The minimum absolute atomic E-state index is 0.184. The summed E-state index contributed by atoms with van der Waals surface area (Å²) in [5.74, 6) is -1.19. The Morgan fingerprint density at radius 2 is 1.82 bits per heavy atom. The van der Waals surface area contributed by atoms with Crippen LogP contribution in [0.25, 0.3) is 0 Å². The monoisotopic (exact) mass is 424 g/mol. The van der Waals surface area contributed by atoms with E-state index < -0.39 is 28.4 Å². The first-order chi connectivity index (χ1) is 13.0. The van der Waals surface area contributed by atoms with Crippen LogP contribution in [0, 0.1) is 13.8 Å². The third-order valence-corrected chi connectivity index (χ3v) is 5.43. The van der Waals surface area contributed by atoms with E-state index in [0.717, 1.165) is 21.7 Å². The normalized spacial score (nSPS) is 11.0. The average Bonchev–Trinajstić information content (AvgIpc) is 2.60. The second-order valence-corrected chi connectivity index (χ2v) is 8.61. The van der Waals surface area contributed by atoms with Gasteiger partial charge in [-0.05, 0) is 43.7 Å². The van der Waals surface area contributed by atoms with Gasteiger partial charge < -0.3 is 10.1 Å². The number of sulfonamides is 1. The maximum absolute atomic E-state index is 12.5. The molecule has 2 aromatic carbocycles. The number of methoxy groups -OCH3 is 1. The Morgan fingerprint density at radius 3 is 2.39 bits per heavy atom.